The highest BCUT2D eigenvalue weighted by molar-refractivity contribution is 6.04. The Labute approximate surface area is 132 Å². The third-order valence-electron chi connectivity index (χ3n) is 2.91. The molecule has 130 valence electrons. The molecule has 0 fully saturated rings. The van der Waals surface area contributed by atoms with E-state index in [0.717, 1.165) is 0 Å². The van der Waals surface area contributed by atoms with Crippen LogP contribution in [0.2, 0.25) is 0 Å². The molecule has 0 saturated heterocycles. The van der Waals surface area contributed by atoms with Crippen molar-refractivity contribution in [2.75, 3.05) is 0 Å². The molecule has 1 rings (SSSR count). The van der Waals surface area contributed by atoms with Gasteiger partial charge < -0.3 is 15.1 Å². The molecule has 0 saturated carbocycles. The van der Waals surface area contributed by atoms with Crippen LogP contribution >= 0.6 is 0 Å². The van der Waals surface area contributed by atoms with E-state index in [1.165, 1.54) is 24.3 Å². The second-order valence-electron chi connectivity index (χ2n) is 6.04. The quantitative estimate of drug-likeness (QED) is 0.335. The summed E-state index contributed by atoms with van der Waals surface area (Å²) < 4.78 is 43.2. The maximum absolute atomic E-state index is 12.6. The van der Waals surface area contributed by atoms with Crippen LogP contribution in [0.5, 0.6) is 0 Å². The molecule has 0 heterocycles. The SMILES string of the molecule is CC(NC(O)OC(C)(C)C)c1ccc(/C(=N/O)C(F)(F)F)cc1. The summed E-state index contributed by atoms with van der Waals surface area (Å²) in [6.45, 7) is 7.08. The van der Waals surface area contributed by atoms with Gasteiger partial charge in [0.25, 0.3) is 0 Å². The Morgan fingerprint density at radius 3 is 2.09 bits per heavy atom. The molecule has 5 nitrogen and oxygen atoms in total. The van der Waals surface area contributed by atoms with Crippen LogP contribution < -0.4 is 5.32 Å². The molecule has 8 heteroatoms. The lowest BCUT2D eigenvalue weighted by Crippen LogP contribution is -2.39. The van der Waals surface area contributed by atoms with Gasteiger partial charge in [-0.3, -0.25) is 5.32 Å². The van der Waals surface area contributed by atoms with Gasteiger partial charge in [0.15, 0.2) is 5.71 Å². The fourth-order valence-corrected chi connectivity index (χ4v) is 1.89. The average molecular weight is 334 g/mol. The van der Waals surface area contributed by atoms with E-state index in [9.17, 15) is 18.3 Å². The maximum atomic E-state index is 12.6. The summed E-state index contributed by atoms with van der Waals surface area (Å²) in [5, 5.41) is 23.4. The molecule has 2 unspecified atom stereocenters. The molecule has 0 radical (unpaired) electrons. The first-order valence-electron chi connectivity index (χ1n) is 6.95. The van der Waals surface area contributed by atoms with Gasteiger partial charge in [0.05, 0.1) is 5.60 Å². The summed E-state index contributed by atoms with van der Waals surface area (Å²) in [7, 11) is 0. The molecular weight excluding hydrogens is 313 g/mol. The van der Waals surface area contributed by atoms with Gasteiger partial charge in [-0.25, -0.2) is 0 Å². The summed E-state index contributed by atoms with van der Waals surface area (Å²) in [6.07, 6.45) is -5.95. The zero-order valence-corrected chi connectivity index (χ0v) is 13.3. The van der Waals surface area contributed by atoms with Crippen molar-refractivity contribution in [3.63, 3.8) is 0 Å². The molecule has 0 bridgehead atoms. The van der Waals surface area contributed by atoms with Crippen molar-refractivity contribution in [1.82, 2.24) is 5.32 Å². The lowest BCUT2D eigenvalue weighted by molar-refractivity contribution is -0.185. The van der Waals surface area contributed by atoms with E-state index in [4.69, 9.17) is 9.94 Å². The van der Waals surface area contributed by atoms with E-state index in [0.29, 0.717) is 5.56 Å². The van der Waals surface area contributed by atoms with Crippen molar-refractivity contribution in [2.24, 2.45) is 5.16 Å². The van der Waals surface area contributed by atoms with Gasteiger partial charge in [-0.2, -0.15) is 13.2 Å². The summed E-state index contributed by atoms with van der Waals surface area (Å²) in [5.74, 6) is 0. The molecule has 23 heavy (non-hydrogen) atoms. The molecule has 0 aliphatic heterocycles. The molecule has 0 aliphatic carbocycles. The summed E-state index contributed by atoms with van der Waals surface area (Å²) in [5.41, 5.74) is -1.51. The van der Waals surface area contributed by atoms with E-state index >= 15 is 0 Å². The van der Waals surface area contributed by atoms with Crippen LogP contribution in [-0.4, -0.2) is 34.2 Å². The third kappa shape index (κ3) is 6.17. The van der Waals surface area contributed by atoms with Gasteiger partial charge in [-0.1, -0.05) is 29.4 Å². The van der Waals surface area contributed by atoms with Crippen LogP contribution in [0.1, 0.15) is 44.9 Å². The Bertz CT molecular complexity index is 536. The van der Waals surface area contributed by atoms with Gasteiger partial charge >= 0.3 is 6.18 Å². The maximum Gasteiger partial charge on any atom is 0.437 e. The van der Waals surface area contributed by atoms with Crippen molar-refractivity contribution in [3.8, 4) is 0 Å². The van der Waals surface area contributed by atoms with E-state index in [1.54, 1.807) is 27.7 Å². The first-order chi connectivity index (χ1) is 10.4. The smallest absolute Gasteiger partial charge is 0.410 e. The normalized spacial score (nSPS) is 16.3. The van der Waals surface area contributed by atoms with Crippen LogP contribution in [0.25, 0.3) is 0 Å². The molecule has 2 atom stereocenters. The van der Waals surface area contributed by atoms with Crippen LogP contribution in [-0.2, 0) is 4.74 Å². The fraction of sp³-hybridized carbons (Fsp3) is 0.533. The molecule has 0 spiro atoms. The molecular formula is C15H21F3N2O3. The van der Waals surface area contributed by atoms with Crippen molar-refractivity contribution >= 4 is 5.71 Å². The first kappa shape index (κ1) is 19.4. The van der Waals surface area contributed by atoms with Crippen LogP contribution in [0.3, 0.4) is 0 Å². The number of aliphatic hydroxyl groups excluding tert-OH is 1. The fourth-order valence-electron chi connectivity index (χ4n) is 1.89. The Morgan fingerprint density at radius 2 is 1.70 bits per heavy atom. The number of rotatable bonds is 5. The minimum absolute atomic E-state index is 0.248. The molecule has 0 amide bonds. The molecule has 0 aromatic heterocycles. The Morgan fingerprint density at radius 1 is 1.17 bits per heavy atom. The lowest BCUT2D eigenvalue weighted by atomic mass is 10.0. The van der Waals surface area contributed by atoms with Gasteiger partial charge in [0.1, 0.15) is 0 Å². The summed E-state index contributed by atoms with van der Waals surface area (Å²) in [6, 6.07) is 4.95. The first-order valence-corrected chi connectivity index (χ1v) is 6.95. The van der Waals surface area contributed by atoms with Crippen molar-refractivity contribution in [1.29, 1.82) is 0 Å². The van der Waals surface area contributed by atoms with E-state index in [2.05, 4.69) is 10.5 Å². The van der Waals surface area contributed by atoms with Crippen molar-refractivity contribution in [2.45, 2.75) is 51.9 Å². The highest BCUT2D eigenvalue weighted by Crippen LogP contribution is 2.24. The molecule has 1 aromatic carbocycles. The Hall–Kier alpha value is -1.64. The second-order valence-corrected chi connectivity index (χ2v) is 6.04. The van der Waals surface area contributed by atoms with Crippen LogP contribution in [0.4, 0.5) is 13.2 Å². The summed E-state index contributed by atoms with van der Waals surface area (Å²) in [4.78, 5) is 0. The number of hydrogen-bond acceptors (Lipinski definition) is 5. The minimum Gasteiger partial charge on any atom is -0.410 e. The van der Waals surface area contributed by atoms with Gasteiger partial charge in [0, 0.05) is 11.6 Å². The van der Waals surface area contributed by atoms with Gasteiger partial charge in [0.2, 0.25) is 6.41 Å². The number of hydrogen-bond donors (Lipinski definition) is 3. The Balaban J connectivity index is 2.80. The van der Waals surface area contributed by atoms with Crippen molar-refractivity contribution < 1.29 is 28.2 Å². The van der Waals surface area contributed by atoms with Crippen LogP contribution in [0.15, 0.2) is 29.4 Å². The monoisotopic (exact) mass is 334 g/mol. The molecule has 3 N–H and O–H groups in total. The zero-order chi connectivity index (χ0) is 17.8. The van der Waals surface area contributed by atoms with Crippen LogP contribution in [0, 0.1) is 0 Å². The number of halogens is 3. The number of aliphatic hydroxyl groups is 1. The number of oxime groups is 1. The largest absolute Gasteiger partial charge is 0.437 e. The number of alkyl halides is 3. The highest BCUT2D eigenvalue weighted by atomic mass is 19.4. The van der Waals surface area contributed by atoms with Gasteiger partial charge in [-0.05, 0) is 33.3 Å². The number of benzene rings is 1. The van der Waals surface area contributed by atoms with Gasteiger partial charge in [-0.15, -0.1) is 0 Å². The number of nitrogens with one attached hydrogen (secondary N) is 1. The third-order valence-corrected chi connectivity index (χ3v) is 2.91. The van der Waals surface area contributed by atoms with Crippen molar-refractivity contribution in [3.05, 3.63) is 35.4 Å². The van der Waals surface area contributed by atoms with E-state index in [1.807, 2.05) is 0 Å². The zero-order valence-electron chi connectivity index (χ0n) is 13.3. The molecule has 1 aromatic rings. The second kappa shape index (κ2) is 7.29. The van der Waals surface area contributed by atoms with E-state index in [-0.39, 0.29) is 11.6 Å². The molecule has 0 aliphatic rings. The topological polar surface area (TPSA) is 74.1 Å². The standard InChI is InChI=1S/C15H21F3N2O3/c1-9(19-13(21)23-14(2,3)4)10-5-7-11(8-6-10)12(20-22)15(16,17)18/h5-9,13,19,21-22H,1-4H3/b20-12-. The number of nitrogens with zero attached hydrogens (tertiary/aromatic N) is 1. The predicted octanol–water partition coefficient (Wildman–Crippen LogP) is 3.17. The summed E-state index contributed by atoms with van der Waals surface area (Å²) >= 11 is 0. The highest BCUT2D eigenvalue weighted by Gasteiger charge is 2.37. The average Bonchev–Trinajstić information content (AvgIpc) is 2.36. The Kier molecular flexibility index (Phi) is 6.15. The number of ether oxygens (including phenoxy) is 1. The minimum atomic E-state index is -4.74. The lowest BCUT2D eigenvalue weighted by Gasteiger charge is -2.27. The predicted molar refractivity (Wildman–Crippen MR) is 79.2 cm³/mol. The van der Waals surface area contributed by atoms with E-state index < -0.39 is 23.9 Å².